The van der Waals surface area contributed by atoms with Crippen LogP contribution in [0.15, 0.2) is 47.4 Å². The maximum absolute atomic E-state index is 12.7. The third-order valence-electron chi connectivity index (χ3n) is 2.32. The number of hydrogen-bond acceptors (Lipinski definition) is 2. The van der Waals surface area contributed by atoms with Gasteiger partial charge in [-0.25, -0.2) is 4.39 Å². The molecule has 0 saturated carbocycles. The summed E-state index contributed by atoms with van der Waals surface area (Å²) in [5.74, 6) is 1.14. The molecule has 0 aliphatic carbocycles. The van der Waals surface area contributed by atoms with Crippen LogP contribution in [0.3, 0.4) is 0 Å². The molecule has 0 aromatic heterocycles. The van der Waals surface area contributed by atoms with E-state index in [1.807, 2.05) is 0 Å². The van der Waals surface area contributed by atoms with E-state index in [0.717, 1.165) is 10.6 Å². The normalized spacial score (nSPS) is 10.5. The molecule has 0 fully saturated rings. The van der Waals surface area contributed by atoms with Gasteiger partial charge in [0.05, 0.1) is 11.6 Å². The van der Waals surface area contributed by atoms with Gasteiger partial charge in [-0.05, 0) is 42.5 Å². The summed E-state index contributed by atoms with van der Waals surface area (Å²) in [6.07, 6.45) is 0. The predicted octanol–water partition coefficient (Wildman–Crippen LogP) is 5.30. The number of hydrogen-bond donors (Lipinski definition) is 0. The third-order valence-corrected chi connectivity index (χ3v) is 3.82. The van der Waals surface area contributed by atoms with Gasteiger partial charge in [0.15, 0.2) is 0 Å². The van der Waals surface area contributed by atoms with E-state index in [9.17, 15) is 4.39 Å². The molecule has 0 atom stereocenters. The van der Waals surface area contributed by atoms with E-state index < -0.39 is 0 Å². The lowest BCUT2D eigenvalue weighted by atomic mass is 10.3. The van der Waals surface area contributed by atoms with Gasteiger partial charge >= 0.3 is 0 Å². The molecule has 5 heteroatoms. The fourth-order valence-electron chi connectivity index (χ4n) is 1.43. The largest absolute Gasteiger partial charge is 0.491 e. The zero-order chi connectivity index (χ0) is 13.7. The average Bonchev–Trinajstić information content (AvgIpc) is 2.39. The first kappa shape index (κ1) is 14.5. The van der Waals surface area contributed by atoms with Crippen molar-refractivity contribution in [1.29, 1.82) is 0 Å². The second-order valence-electron chi connectivity index (χ2n) is 3.73. The maximum atomic E-state index is 12.7. The zero-order valence-corrected chi connectivity index (χ0v) is 12.2. The van der Waals surface area contributed by atoms with Gasteiger partial charge in [0, 0.05) is 15.7 Å². The second-order valence-corrected chi connectivity index (χ2v) is 5.74. The van der Waals surface area contributed by atoms with Crippen LogP contribution in [0.1, 0.15) is 0 Å². The van der Waals surface area contributed by atoms with Crippen molar-refractivity contribution >= 4 is 35.0 Å². The van der Waals surface area contributed by atoms with E-state index in [1.165, 1.54) is 12.1 Å². The molecule has 2 rings (SSSR count). The van der Waals surface area contributed by atoms with Crippen LogP contribution in [0.25, 0.3) is 0 Å². The van der Waals surface area contributed by atoms with Gasteiger partial charge in [0.2, 0.25) is 0 Å². The number of ether oxygens (including phenoxy) is 1. The zero-order valence-electron chi connectivity index (χ0n) is 9.91. The summed E-state index contributed by atoms with van der Waals surface area (Å²) in [7, 11) is 0. The van der Waals surface area contributed by atoms with Gasteiger partial charge in [0.1, 0.15) is 11.6 Å². The van der Waals surface area contributed by atoms with Crippen molar-refractivity contribution in [2.45, 2.75) is 4.90 Å². The molecule has 0 saturated heterocycles. The summed E-state index contributed by atoms with van der Waals surface area (Å²) in [5.41, 5.74) is 0. The standard InChI is InChI=1S/C14H11Cl2FOS/c15-10-1-6-14(13(16)9-10)18-7-8-19-12-4-2-11(17)3-5-12/h1-6,9H,7-8H2. The fraction of sp³-hybridized carbons (Fsp3) is 0.143. The van der Waals surface area contributed by atoms with Crippen LogP contribution in [0.5, 0.6) is 5.75 Å². The fourth-order valence-corrected chi connectivity index (χ4v) is 2.63. The molecule has 0 amide bonds. The molecular formula is C14H11Cl2FOS. The van der Waals surface area contributed by atoms with Gasteiger partial charge in [0.25, 0.3) is 0 Å². The second kappa shape index (κ2) is 7.04. The lowest BCUT2D eigenvalue weighted by molar-refractivity contribution is 0.344. The Hall–Kier alpha value is -0.900. The van der Waals surface area contributed by atoms with Crippen molar-refractivity contribution in [1.82, 2.24) is 0 Å². The lowest BCUT2D eigenvalue weighted by Gasteiger charge is -2.08. The monoisotopic (exact) mass is 316 g/mol. The van der Waals surface area contributed by atoms with Gasteiger partial charge in [-0.1, -0.05) is 23.2 Å². The number of rotatable bonds is 5. The molecule has 0 bridgehead atoms. The van der Waals surface area contributed by atoms with Gasteiger partial charge < -0.3 is 4.74 Å². The first-order valence-corrected chi connectivity index (χ1v) is 7.35. The average molecular weight is 317 g/mol. The van der Waals surface area contributed by atoms with Crippen molar-refractivity contribution in [3.05, 3.63) is 58.3 Å². The molecule has 0 unspecified atom stereocenters. The molecular weight excluding hydrogens is 306 g/mol. The van der Waals surface area contributed by atoms with E-state index in [1.54, 1.807) is 42.1 Å². The van der Waals surface area contributed by atoms with E-state index in [4.69, 9.17) is 27.9 Å². The molecule has 2 aromatic rings. The molecule has 19 heavy (non-hydrogen) atoms. The highest BCUT2D eigenvalue weighted by molar-refractivity contribution is 7.99. The molecule has 1 nitrogen and oxygen atoms in total. The lowest BCUT2D eigenvalue weighted by Crippen LogP contribution is -2.00. The van der Waals surface area contributed by atoms with Crippen LogP contribution in [-0.4, -0.2) is 12.4 Å². The van der Waals surface area contributed by atoms with E-state index in [-0.39, 0.29) is 5.82 Å². The smallest absolute Gasteiger partial charge is 0.138 e. The summed E-state index contributed by atoms with van der Waals surface area (Å²) in [6.45, 7) is 0.517. The summed E-state index contributed by atoms with van der Waals surface area (Å²) in [5, 5.41) is 1.08. The summed E-state index contributed by atoms with van der Waals surface area (Å²) in [4.78, 5) is 1.01. The molecule has 0 aliphatic rings. The van der Waals surface area contributed by atoms with Crippen molar-refractivity contribution in [2.24, 2.45) is 0 Å². The SMILES string of the molecule is Fc1ccc(SCCOc2ccc(Cl)cc2Cl)cc1. The molecule has 2 aromatic carbocycles. The molecule has 100 valence electrons. The van der Waals surface area contributed by atoms with Crippen molar-refractivity contribution in [2.75, 3.05) is 12.4 Å². The quantitative estimate of drug-likeness (QED) is 0.546. The van der Waals surface area contributed by atoms with Gasteiger partial charge in [-0.2, -0.15) is 0 Å². The number of benzene rings is 2. The minimum Gasteiger partial charge on any atom is -0.491 e. The Balaban J connectivity index is 1.79. The van der Waals surface area contributed by atoms with Crippen LogP contribution >= 0.6 is 35.0 Å². The van der Waals surface area contributed by atoms with Crippen LogP contribution in [-0.2, 0) is 0 Å². The van der Waals surface area contributed by atoms with Gasteiger partial charge in [-0.15, -0.1) is 11.8 Å². The first-order chi connectivity index (χ1) is 9.15. The van der Waals surface area contributed by atoms with Gasteiger partial charge in [-0.3, -0.25) is 0 Å². The molecule has 0 radical (unpaired) electrons. The minimum absolute atomic E-state index is 0.228. The van der Waals surface area contributed by atoms with Crippen LogP contribution < -0.4 is 4.74 Å². The Bertz CT molecular complexity index is 546. The highest BCUT2D eigenvalue weighted by Crippen LogP contribution is 2.27. The Morgan fingerprint density at radius 3 is 2.47 bits per heavy atom. The molecule has 0 spiro atoms. The Labute approximate surface area is 125 Å². The van der Waals surface area contributed by atoms with E-state index >= 15 is 0 Å². The van der Waals surface area contributed by atoms with Crippen molar-refractivity contribution in [3.63, 3.8) is 0 Å². The summed E-state index contributed by atoms with van der Waals surface area (Å²) < 4.78 is 18.3. The minimum atomic E-state index is -0.228. The molecule has 0 N–H and O–H groups in total. The number of thioether (sulfide) groups is 1. The molecule has 0 heterocycles. The topological polar surface area (TPSA) is 9.23 Å². The summed E-state index contributed by atoms with van der Waals surface area (Å²) in [6, 6.07) is 11.5. The third kappa shape index (κ3) is 4.60. The Morgan fingerprint density at radius 1 is 1.05 bits per heavy atom. The van der Waals surface area contributed by atoms with Crippen LogP contribution in [0.2, 0.25) is 10.0 Å². The summed E-state index contributed by atoms with van der Waals surface area (Å²) >= 11 is 13.4. The maximum Gasteiger partial charge on any atom is 0.138 e. The van der Waals surface area contributed by atoms with Crippen molar-refractivity contribution < 1.29 is 9.13 Å². The van der Waals surface area contributed by atoms with E-state index in [2.05, 4.69) is 0 Å². The van der Waals surface area contributed by atoms with E-state index in [0.29, 0.717) is 22.4 Å². The number of halogens is 3. The first-order valence-electron chi connectivity index (χ1n) is 5.61. The van der Waals surface area contributed by atoms with Crippen LogP contribution in [0.4, 0.5) is 4.39 Å². The highest BCUT2D eigenvalue weighted by Gasteiger charge is 2.02. The highest BCUT2D eigenvalue weighted by atomic mass is 35.5. The van der Waals surface area contributed by atoms with Crippen molar-refractivity contribution in [3.8, 4) is 5.75 Å². The Morgan fingerprint density at radius 2 is 1.79 bits per heavy atom. The molecule has 0 aliphatic heterocycles. The Kier molecular flexibility index (Phi) is 5.37. The predicted molar refractivity (Wildman–Crippen MR) is 79.1 cm³/mol. The van der Waals surface area contributed by atoms with Crippen LogP contribution in [0, 0.1) is 5.82 Å².